The summed E-state index contributed by atoms with van der Waals surface area (Å²) in [5.74, 6) is 0.382. The van der Waals surface area contributed by atoms with E-state index in [-0.39, 0.29) is 18.0 Å². The van der Waals surface area contributed by atoms with Gasteiger partial charge in [-0.3, -0.25) is 9.10 Å². The molecule has 0 aromatic heterocycles. The molecule has 1 amide bonds. The molecule has 6 heteroatoms. The van der Waals surface area contributed by atoms with Gasteiger partial charge in [0.2, 0.25) is 10.0 Å². The molecule has 1 aliphatic carbocycles. The normalized spacial score (nSPS) is 20.0. The molecule has 5 nitrogen and oxygen atoms in total. The number of fused-ring (bicyclic) bond motifs is 1. The molecule has 2 atom stereocenters. The predicted octanol–water partition coefficient (Wildman–Crippen LogP) is 3.59. The molecule has 1 N–H and O–H groups in total. The quantitative estimate of drug-likeness (QED) is 0.837. The van der Waals surface area contributed by atoms with Gasteiger partial charge in [0.05, 0.1) is 18.0 Å². The summed E-state index contributed by atoms with van der Waals surface area (Å²) in [6.45, 7) is 3.95. The van der Waals surface area contributed by atoms with E-state index in [9.17, 15) is 13.2 Å². The predicted molar refractivity (Wildman–Crippen MR) is 111 cm³/mol. The SMILES string of the molecule is Cc1ccc(C(NC(=O)c2ccc3c(c2)CC(C)N3S(C)(=O)=O)C2CC2)cc1. The molecule has 1 aliphatic heterocycles. The summed E-state index contributed by atoms with van der Waals surface area (Å²) in [5, 5.41) is 3.20. The molecule has 1 heterocycles. The average molecular weight is 399 g/mol. The zero-order valence-corrected chi connectivity index (χ0v) is 17.3. The van der Waals surface area contributed by atoms with Crippen LogP contribution in [0.1, 0.15) is 52.9 Å². The van der Waals surface area contributed by atoms with Gasteiger partial charge in [0.15, 0.2) is 0 Å². The van der Waals surface area contributed by atoms with E-state index in [2.05, 4.69) is 36.5 Å². The van der Waals surface area contributed by atoms with Crippen LogP contribution in [0.25, 0.3) is 0 Å². The molecule has 2 aromatic carbocycles. The summed E-state index contributed by atoms with van der Waals surface area (Å²) in [5.41, 5.74) is 4.51. The second kappa shape index (κ2) is 6.92. The van der Waals surface area contributed by atoms with Crippen molar-refractivity contribution in [3.63, 3.8) is 0 Å². The van der Waals surface area contributed by atoms with Gasteiger partial charge in [0.25, 0.3) is 5.91 Å². The van der Waals surface area contributed by atoms with E-state index < -0.39 is 10.0 Å². The number of sulfonamides is 1. The van der Waals surface area contributed by atoms with Gasteiger partial charge in [0.1, 0.15) is 0 Å². The maximum atomic E-state index is 12.9. The summed E-state index contributed by atoms with van der Waals surface area (Å²) < 4.78 is 25.6. The van der Waals surface area contributed by atoms with E-state index in [1.165, 1.54) is 16.1 Å². The maximum Gasteiger partial charge on any atom is 0.251 e. The molecule has 0 bridgehead atoms. The third kappa shape index (κ3) is 3.65. The monoisotopic (exact) mass is 398 g/mol. The van der Waals surface area contributed by atoms with Crippen molar-refractivity contribution in [1.82, 2.24) is 5.32 Å². The highest BCUT2D eigenvalue weighted by Gasteiger charge is 2.35. The minimum atomic E-state index is -3.33. The number of hydrogen-bond donors (Lipinski definition) is 1. The Labute approximate surface area is 166 Å². The fourth-order valence-electron chi connectivity index (χ4n) is 4.15. The lowest BCUT2D eigenvalue weighted by Gasteiger charge is -2.22. The molecule has 2 aliphatic rings. The highest BCUT2D eigenvalue weighted by molar-refractivity contribution is 7.92. The van der Waals surface area contributed by atoms with Crippen LogP contribution in [0.2, 0.25) is 0 Å². The average Bonchev–Trinajstić information content (AvgIpc) is 3.40. The zero-order valence-electron chi connectivity index (χ0n) is 16.5. The molecule has 0 saturated heterocycles. The molecule has 4 rings (SSSR count). The topological polar surface area (TPSA) is 66.5 Å². The molecule has 0 spiro atoms. The Kier molecular flexibility index (Phi) is 4.70. The van der Waals surface area contributed by atoms with Crippen molar-refractivity contribution in [2.75, 3.05) is 10.6 Å². The molecular weight excluding hydrogens is 372 g/mol. The molecule has 2 unspecified atom stereocenters. The van der Waals surface area contributed by atoms with Crippen molar-refractivity contribution in [2.24, 2.45) is 5.92 Å². The van der Waals surface area contributed by atoms with Crippen molar-refractivity contribution in [3.05, 3.63) is 64.7 Å². The number of nitrogens with one attached hydrogen (secondary N) is 1. The molecule has 0 radical (unpaired) electrons. The zero-order chi connectivity index (χ0) is 20.1. The highest BCUT2D eigenvalue weighted by Crippen LogP contribution is 2.41. The Bertz CT molecular complexity index is 1010. The molecule has 1 saturated carbocycles. The van der Waals surface area contributed by atoms with E-state index >= 15 is 0 Å². The number of carbonyl (C=O) groups is 1. The van der Waals surface area contributed by atoms with Gasteiger partial charge in [-0.1, -0.05) is 29.8 Å². The first-order valence-corrected chi connectivity index (χ1v) is 11.6. The van der Waals surface area contributed by atoms with Gasteiger partial charge >= 0.3 is 0 Å². The number of anilines is 1. The van der Waals surface area contributed by atoms with E-state index in [0.29, 0.717) is 23.6 Å². The number of aryl methyl sites for hydroxylation is 1. The Morgan fingerprint density at radius 2 is 1.82 bits per heavy atom. The highest BCUT2D eigenvalue weighted by atomic mass is 32.2. The summed E-state index contributed by atoms with van der Waals surface area (Å²) in [7, 11) is -3.33. The van der Waals surface area contributed by atoms with Crippen LogP contribution in [-0.4, -0.2) is 26.6 Å². The van der Waals surface area contributed by atoms with Crippen LogP contribution in [0.3, 0.4) is 0 Å². The Morgan fingerprint density at radius 1 is 1.14 bits per heavy atom. The van der Waals surface area contributed by atoms with Crippen LogP contribution in [-0.2, 0) is 16.4 Å². The lowest BCUT2D eigenvalue weighted by atomic mass is 10.00. The standard InChI is InChI=1S/C22H26N2O3S/c1-14-4-6-16(7-5-14)21(17-8-9-17)23-22(25)18-10-11-20-19(13-18)12-15(2)24(20)28(3,26)27/h4-7,10-11,13,15,17,21H,8-9,12H2,1-3H3,(H,23,25). The number of hydrogen-bond acceptors (Lipinski definition) is 3. The lowest BCUT2D eigenvalue weighted by molar-refractivity contribution is 0.0931. The number of amides is 1. The molecule has 148 valence electrons. The first-order chi connectivity index (χ1) is 13.2. The van der Waals surface area contributed by atoms with E-state index in [4.69, 9.17) is 0 Å². The Balaban J connectivity index is 1.57. The molecule has 1 fully saturated rings. The fourth-order valence-corrected chi connectivity index (χ4v) is 5.41. The van der Waals surface area contributed by atoms with Crippen LogP contribution in [0.5, 0.6) is 0 Å². The van der Waals surface area contributed by atoms with Crippen molar-refractivity contribution in [3.8, 4) is 0 Å². The van der Waals surface area contributed by atoms with Gasteiger partial charge in [-0.15, -0.1) is 0 Å². The second-order valence-corrected chi connectivity index (χ2v) is 10.0. The van der Waals surface area contributed by atoms with Crippen molar-refractivity contribution in [2.45, 2.75) is 45.2 Å². The third-order valence-electron chi connectivity index (χ3n) is 5.67. The number of nitrogens with zero attached hydrogens (tertiary/aromatic N) is 1. The van der Waals surface area contributed by atoms with Gasteiger partial charge in [-0.05, 0) is 68.4 Å². The van der Waals surface area contributed by atoms with Gasteiger partial charge in [0, 0.05) is 11.6 Å². The number of rotatable bonds is 5. The van der Waals surface area contributed by atoms with Gasteiger partial charge < -0.3 is 5.32 Å². The van der Waals surface area contributed by atoms with Gasteiger partial charge in [-0.25, -0.2) is 8.42 Å². The minimum absolute atomic E-state index is 0.0211. The number of carbonyl (C=O) groups excluding carboxylic acids is 1. The van der Waals surface area contributed by atoms with Crippen LogP contribution < -0.4 is 9.62 Å². The third-order valence-corrected chi connectivity index (χ3v) is 6.94. The Hall–Kier alpha value is -2.34. The maximum absolute atomic E-state index is 12.9. The van der Waals surface area contributed by atoms with Crippen LogP contribution in [0.4, 0.5) is 5.69 Å². The van der Waals surface area contributed by atoms with Crippen LogP contribution in [0, 0.1) is 12.8 Å². The van der Waals surface area contributed by atoms with Crippen LogP contribution >= 0.6 is 0 Å². The minimum Gasteiger partial charge on any atom is -0.345 e. The fraction of sp³-hybridized carbons (Fsp3) is 0.409. The van der Waals surface area contributed by atoms with E-state index in [1.807, 2.05) is 13.0 Å². The van der Waals surface area contributed by atoms with Crippen molar-refractivity contribution in [1.29, 1.82) is 0 Å². The first kappa shape index (κ1) is 19.0. The molecule has 28 heavy (non-hydrogen) atoms. The Morgan fingerprint density at radius 3 is 2.43 bits per heavy atom. The lowest BCUT2D eigenvalue weighted by Crippen LogP contribution is -2.34. The van der Waals surface area contributed by atoms with Crippen molar-refractivity contribution >= 4 is 21.6 Å². The smallest absolute Gasteiger partial charge is 0.251 e. The van der Waals surface area contributed by atoms with Crippen LogP contribution in [0.15, 0.2) is 42.5 Å². The summed E-state index contributed by atoms with van der Waals surface area (Å²) in [4.78, 5) is 12.9. The number of benzene rings is 2. The summed E-state index contributed by atoms with van der Waals surface area (Å²) >= 11 is 0. The molecular formula is C22H26N2O3S. The van der Waals surface area contributed by atoms with Crippen molar-refractivity contribution < 1.29 is 13.2 Å². The molecule has 2 aromatic rings. The largest absolute Gasteiger partial charge is 0.345 e. The van der Waals surface area contributed by atoms with E-state index in [0.717, 1.165) is 24.0 Å². The van der Waals surface area contributed by atoms with Gasteiger partial charge in [-0.2, -0.15) is 0 Å². The second-order valence-electron chi connectivity index (χ2n) is 8.15. The first-order valence-electron chi connectivity index (χ1n) is 9.74. The summed E-state index contributed by atoms with van der Waals surface area (Å²) in [6, 6.07) is 13.5. The van der Waals surface area contributed by atoms with E-state index in [1.54, 1.807) is 12.1 Å². The summed E-state index contributed by atoms with van der Waals surface area (Å²) in [6.07, 6.45) is 4.10.